The van der Waals surface area contributed by atoms with Crippen LogP contribution in [-0.2, 0) is 27.9 Å². The van der Waals surface area contributed by atoms with Crippen LogP contribution < -0.4 is 5.32 Å². The van der Waals surface area contributed by atoms with E-state index in [0.29, 0.717) is 23.9 Å². The number of hydrogen-bond donors (Lipinski definition) is 2. The summed E-state index contributed by atoms with van der Waals surface area (Å²) >= 11 is 0. The van der Waals surface area contributed by atoms with E-state index in [1.807, 2.05) is 33.3 Å². The number of phosphoric acid groups is 1. The smallest absolute Gasteiger partial charge is 0.456 e. The summed E-state index contributed by atoms with van der Waals surface area (Å²) in [6.07, 6.45) is 90.1. The van der Waals surface area contributed by atoms with Crippen LogP contribution in [0.25, 0.3) is 0 Å². The van der Waals surface area contributed by atoms with Crippen molar-refractivity contribution in [2.24, 2.45) is 0 Å². The predicted molar refractivity (Wildman–Crippen MR) is 378 cm³/mol. The maximum Gasteiger partial charge on any atom is 0.472 e. The van der Waals surface area contributed by atoms with E-state index in [9.17, 15) is 19.0 Å². The first-order valence-electron chi connectivity index (χ1n) is 36.6. The first-order chi connectivity index (χ1) is 42.4. The van der Waals surface area contributed by atoms with Gasteiger partial charge in [-0.3, -0.25) is 18.6 Å². The Morgan fingerprint density at radius 1 is 0.414 bits per heavy atom. The molecule has 9 nitrogen and oxygen atoms in total. The van der Waals surface area contributed by atoms with Crippen LogP contribution in [-0.4, -0.2) is 74.3 Å². The summed E-state index contributed by atoms with van der Waals surface area (Å²) < 4.78 is 30.8. The van der Waals surface area contributed by atoms with Gasteiger partial charge in [0.1, 0.15) is 19.3 Å². The largest absolute Gasteiger partial charge is 0.472 e. The topological polar surface area (TPSA) is 111 Å². The minimum absolute atomic E-state index is 0.0317. The Bertz CT molecular complexity index is 1810. The number of likely N-dealkylation sites (N-methyl/N-ethyl adjacent to an activating group) is 1. The second-order valence-electron chi connectivity index (χ2n) is 25.7. The zero-order valence-electron chi connectivity index (χ0n) is 57.7. The van der Waals surface area contributed by atoms with E-state index in [1.54, 1.807) is 0 Å². The molecular weight excluding hydrogens is 1100 g/mol. The highest BCUT2D eigenvalue weighted by atomic mass is 31.2. The van der Waals surface area contributed by atoms with Gasteiger partial charge in [-0.25, -0.2) is 4.57 Å². The summed E-state index contributed by atoms with van der Waals surface area (Å²) in [6, 6.07) is -0.867. The highest BCUT2D eigenvalue weighted by molar-refractivity contribution is 7.47. The van der Waals surface area contributed by atoms with Crippen molar-refractivity contribution in [1.82, 2.24) is 5.32 Å². The number of nitrogens with one attached hydrogen (secondary N) is 1. The Morgan fingerprint density at radius 3 is 1.11 bits per heavy atom. The average Bonchev–Trinajstić information content (AvgIpc) is 3.70. The van der Waals surface area contributed by atoms with Crippen LogP contribution in [0.5, 0.6) is 0 Å². The summed E-state index contributed by atoms with van der Waals surface area (Å²) in [5, 5.41) is 3.05. The number of esters is 1. The van der Waals surface area contributed by atoms with Gasteiger partial charge in [-0.1, -0.05) is 305 Å². The second-order valence-corrected chi connectivity index (χ2v) is 27.2. The number of carbonyl (C=O) groups excluding carboxylic acids is 2. The van der Waals surface area contributed by atoms with Crippen molar-refractivity contribution in [3.05, 3.63) is 97.2 Å². The fourth-order valence-electron chi connectivity index (χ4n) is 10.4. The van der Waals surface area contributed by atoms with Crippen LogP contribution in [0, 0.1) is 0 Å². The van der Waals surface area contributed by atoms with E-state index in [1.165, 1.54) is 186 Å². The third-order valence-corrected chi connectivity index (χ3v) is 17.0. The second kappa shape index (κ2) is 65.9. The zero-order valence-corrected chi connectivity index (χ0v) is 58.6. The van der Waals surface area contributed by atoms with Gasteiger partial charge in [0, 0.05) is 12.8 Å². The summed E-state index contributed by atoms with van der Waals surface area (Å²) in [7, 11) is 1.48. The lowest BCUT2D eigenvalue weighted by atomic mass is 10.0. The number of unbranched alkanes of at least 4 members (excludes halogenated alkanes) is 36. The number of rotatable bonds is 66. The standard InChI is InChI=1S/C77H139N2O7P/c1-7-10-13-16-19-22-25-27-29-31-33-35-37-38-39-40-42-44-46-48-50-52-55-58-61-64-67-70-77(81)86-75(68-65-62-59-56-53-24-21-18-15-12-9-3)74(73-85-87(82,83)84-72-71-79(4,5)6)78-76(80)69-66-63-60-57-54-51-49-47-45-43-41-36-34-32-30-28-26-23-20-17-14-11-8-2/h11,14,20,23,27-30,34,36,43,45,49,51,65,68,74-75H,7-10,12-13,15-19,21-22,24-26,31-33,35,37-42,44,46-48,50,52-64,66-67,69-73H2,1-6H3,(H-,78,80,82,83)/p+1/b14-11-,23-20-,29-27+,30-28-,36-34-,45-43-,51-49-,68-65+. The molecule has 2 N–H and O–H groups in total. The first kappa shape index (κ1) is 83.9. The number of carbonyl (C=O) groups is 2. The Labute approximate surface area is 538 Å². The Morgan fingerprint density at radius 2 is 0.736 bits per heavy atom. The highest BCUT2D eigenvalue weighted by Gasteiger charge is 2.30. The maximum absolute atomic E-state index is 13.6. The number of allylic oxidation sites excluding steroid dienone is 15. The SMILES string of the molecule is CC/C=C\C/C=C\C/C=C\C/C=C\C/C=C\C/C=C\CCCCCCC(=O)NC(COP(=O)(O)OCC[N+](C)(C)C)C(/C=C/CCCCCCCCCCC)OC(=O)CCCCCCCCCCCCCCCCCCC/C=C/CCCCCCCC. The molecule has 10 heteroatoms. The van der Waals surface area contributed by atoms with E-state index < -0.39 is 20.0 Å². The monoisotopic (exact) mass is 1240 g/mol. The number of quaternary nitrogens is 1. The summed E-state index contributed by atoms with van der Waals surface area (Å²) in [5.74, 6) is -0.529. The summed E-state index contributed by atoms with van der Waals surface area (Å²) in [6.45, 7) is 6.90. The molecule has 0 fully saturated rings. The molecule has 0 rings (SSSR count). The van der Waals surface area contributed by atoms with Crippen LogP contribution in [0.2, 0.25) is 0 Å². The molecule has 1 amide bonds. The lowest BCUT2D eigenvalue weighted by Gasteiger charge is -2.27. The molecule has 0 aliphatic carbocycles. The molecule has 0 bridgehead atoms. The number of phosphoric ester groups is 1. The lowest BCUT2D eigenvalue weighted by molar-refractivity contribution is -0.870. The quantitative estimate of drug-likeness (QED) is 0.0205. The number of amides is 1. The van der Waals surface area contributed by atoms with E-state index >= 15 is 0 Å². The number of hydrogen-bond acceptors (Lipinski definition) is 6. The van der Waals surface area contributed by atoms with E-state index in [2.05, 4.69) is 111 Å². The molecule has 0 saturated heterocycles. The molecule has 87 heavy (non-hydrogen) atoms. The molecule has 0 aliphatic heterocycles. The van der Waals surface area contributed by atoms with Crippen LogP contribution in [0.15, 0.2) is 97.2 Å². The van der Waals surface area contributed by atoms with Gasteiger partial charge >= 0.3 is 13.8 Å². The van der Waals surface area contributed by atoms with Crippen molar-refractivity contribution in [2.75, 3.05) is 40.9 Å². The Balaban J connectivity index is 5.02. The molecule has 0 heterocycles. The number of nitrogens with zero attached hydrogens (tertiary/aromatic N) is 1. The molecule has 0 saturated carbocycles. The van der Waals surface area contributed by atoms with Gasteiger partial charge in [-0.15, -0.1) is 0 Å². The minimum Gasteiger partial charge on any atom is -0.456 e. The van der Waals surface area contributed by atoms with Crippen molar-refractivity contribution in [3.63, 3.8) is 0 Å². The third kappa shape index (κ3) is 67.2. The Hall–Kier alpha value is -3.07. The molecular formula is C77H140N2O7P+. The van der Waals surface area contributed by atoms with Gasteiger partial charge in [-0.05, 0) is 109 Å². The first-order valence-corrected chi connectivity index (χ1v) is 38.1. The van der Waals surface area contributed by atoms with Gasteiger partial charge < -0.3 is 19.4 Å². The van der Waals surface area contributed by atoms with Crippen molar-refractivity contribution in [2.45, 2.75) is 341 Å². The van der Waals surface area contributed by atoms with Crippen molar-refractivity contribution < 1.29 is 37.3 Å². The van der Waals surface area contributed by atoms with Crippen molar-refractivity contribution >= 4 is 19.7 Å². The molecule has 0 radical (unpaired) electrons. The van der Waals surface area contributed by atoms with Gasteiger partial charge in [0.2, 0.25) is 5.91 Å². The van der Waals surface area contributed by atoms with Crippen LogP contribution in [0.3, 0.4) is 0 Å². The molecule has 0 spiro atoms. The third-order valence-electron chi connectivity index (χ3n) is 16.0. The lowest BCUT2D eigenvalue weighted by Crippen LogP contribution is -2.47. The Kier molecular flexibility index (Phi) is 63.5. The zero-order chi connectivity index (χ0) is 63.5. The van der Waals surface area contributed by atoms with Crippen LogP contribution in [0.1, 0.15) is 329 Å². The summed E-state index contributed by atoms with van der Waals surface area (Å²) in [4.78, 5) is 37.9. The fourth-order valence-corrected chi connectivity index (χ4v) is 11.1. The molecule has 3 unspecified atom stereocenters. The van der Waals surface area contributed by atoms with E-state index in [4.69, 9.17) is 13.8 Å². The molecule has 3 atom stereocenters. The maximum atomic E-state index is 13.6. The normalized spacial score (nSPS) is 14.1. The molecule has 504 valence electrons. The van der Waals surface area contributed by atoms with Crippen LogP contribution >= 0.6 is 7.82 Å². The van der Waals surface area contributed by atoms with E-state index in [0.717, 1.165) is 103 Å². The molecule has 0 aromatic heterocycles. The summed E-state index contributed by atoms with van der Waals surface area (Å²) in [5.41, 5.74) is 0. The predicted octanol–water partition coefficient (Wildman–Crippen LogP) is 23.5. The number of ether oxygens (including phenoxy) is 1. The molecule has 0 aliphatic rings. The highest BCUT2D eigenvalue weighted by Crippen LogP contribution is 2.43. The van der Waals surface area contributed by atoms with Gasteiger partial charge in [0.05, 0.1) is 33.8 Å². The van der Waals surface area contributed by atoms with Gasteiger partial charge in [-0.2, -0.15) is 0 Å². The minimum atomic E-state index is -4.47. The van der Waals surface area contributed by atoms with Crippen molar-refractivity contribution in [3.8, 4) is 0 Å². The van der Waals surface area contributed by atoms with Crippen molar-refractivity contribution in [1.29, 1.82) is 0 Å². The van der Waals surface area contributed by atoms with Crippen LogP contribution in [0.4, 0.5) is 0 Å². The fraction of sp³-hybridized carbons (Fsp3) is 0.766. The molecule has 0 aromatic rings. The van der Waals surface area contributed by atoms with E-state index in [-0.39, 0.29) is 31.5 Å². The molecule has 0 aromatic carbocycles. The van der Waals surface area contributed by atoms with Gasteiger partial charge in [0.15, 0.2) is 0 Å². The van der Waals surface area contributed by atoms with Gasteiger partial charge in [0.25, 0.3) is 0 Å². The average molecular weight is 1240 g/mol.